The van der Waals surface area contributed by atoms with Crippen LogP contribution >= 0.6 is 45.3 Å². The van der Waals surface area contributed by atoms with Crippen LogP contribution in [0, 0.1) is 0 Å². The van der Waals surface area contributed by atoms with Gasteiger partial charge in [-0.25, -0.2) is 0 Å². The van der Waals surface area contributed by atoms with Crippen molar-refractivity contribution in [3.05, 3.63) is 49.9 Å². The first-order valence-electron chi connectivity index (χ1n) is 6.49. The summed E-state index contributed by atoms with van der Waals surface area (Å²) in [6, 6.07) is 4.22. The predicted octanol–water partition coefficient (Wildman–Crippen LogP) is 5.70. The van der Waals surface area contributed by atoms with Crippen LogP contribution in [-0.4, -0.2) is 11.6 Å². The Morgan fingerprint density at radius 1 is 0.909 bits per heavy atom. The number of hydrogen-bond donors (Lipinski definition) is 0. The molecule has 0 fully saturated rings. The van der Waals surface area contributed by atoms with Crippen molar-refractivity contribution in [1.29, 1.82) is 0 Å². The molecular weight excluding hydrogens is 352 g/mol. The maximum absolute atomic E-state index is 12.3. The van der Waals surface area contributed by atoms with Crippen molar-refractivity contribution in [3.8, 4) is 0 Å². The molecule has 0 radical (unpaired) electrons. The largest absolute Gasteiger partial charge is 0.288 e. The lowest BCUT2D eigenvalue weighted by molar-refractivity contribution is 0.0990. The SMILES string of the molecule is O=C1C(=Cc2cc3sc4ccsc4c3s2)C(=O)c2cscc21. The quantitative estimate of drug-likeness (QED) is 0.323. The molecule has 0 spiro atoms. The average molecular weight is 358 g/mol. The Morgan fingerprint density at radius 2 is 1.68 bits per heavy atom. The van der Waals surface area contributed by atoms with Gasteiger partial charge in [-0.15, -0.1) is 34.0 Å². The van der Waals surface area contributed by atoms with Crippen molar-refractivity contribution < 1.29 is 9.59 Å². The molecule has 4 heterocycles. The van der Waals surface area contributed by atoms with Crippen molar-refractivity contribution in [3.63, 3.8) is 0 Å². The molecule has 0 aliphatic heterocycles. The van der Waals surface area contributed by atoms with Gasteiger partial charge in [-0.3, -0.25) is 9.59 Å². The summed E-state index contributed by atoms with van der Waals surface area (Å²) in [5, 5.41) is 5.62. The Labute approximate surface area is 141 Å². The number of hydrogen-bond acceptors (Lipinski definition) is 6. The third-order valence-corrected chi connectivity index (χ3v) is 7.96. The highest BCUT2D eigenvalue weighted by atomic mass is 32.1. The van der Waals surface area contributed by atoms with E-state index < -0.39 is 0 Å². The van der Waals surface area contributed by atoms with Gasteiger partial charge in [-0.1, -0.05) is 0 Å². The van der Waals surface area contributed by atoms with Crippen molar-refractivity contribution in [1.82, 2.24) is 0 Å². The molecule has 0 atom stereocenters. The lowest BCUT2D eigenvalue weighted by atomic mass is 10.1. The molecule has 0 saturated carbocycles. The number of allylic oxidation sites excluding steroid dienone is 1. The fraction of sp³-hybridized carbons (Fsp3) is 0. The van der Waals surface area contributed by atoms with Crippen LogP contribution in [0.2, 0.25) is 0 Å². The van der Waals surface area contributed by atoms with Crippen LogP contribution in [-0.2, 0) is 0 Å². The topological polar surface area (TPSA) is 34.1 Å². The summed E-state index contributed by atoms with van der Waals surface area (Å²) in [5.41, 5.74) is 1.41. The van der Waals surface area contributed by atoms with E-state index >= 15 is 0 Å². The number of fused-ring (bicyclic) bond motifs is 4. The highest BCUT2D eigenvalue weighted by Gasteiger charge is 2.33. The Morgan fingerprint density at radius 3 is 2.45 bits per heavy atom. The van der Waals surface area contributed by atoms with Crippen LogP contribution < -0.4 is 0 Å². The maximum atomic E-state index is 12.3. The summed E-state index contributed by atoms with van der Waals surface area (Å²) < 4.78 is 5.09. The standard InChI is InChI=1S/C16H6O2S4/c17-13-8(14(18)10-6-19-5-9(10)13)3-7-4-12-16(21-7)15-11(22-12)1-2-20-15/h1-6H. The number of Topliss-reactive ketones (excluding diaryl/α,β-unsaturated/α-hetero) is 2. The zero-order chi connectivity index (χ0) is 14.8. The molecule has 2 nitrogen and oxygen atoms in total. The molecule has 0 bridgehead atoms. The smallest absolute Gasteiger partial charge is 0.198 e. The molecule has 0 N–H and O–H groups in total. The molecule has 4 aromatic rings. The zero-order valence-electron chi connectivity index (χ0n) is 10.9. The number of thiophene rings is 4. The molecule has 1 aliphatic carbocycles. The van der Waals surface area contributed by atoms with Crippen molar-refractivity contribution >= 4 is 81.8 Å². The lowest BCUT2D eigenvalue weighted by Crippen LogP contribution is -2.00. The third kappa shape index (κ3) is 1.63. The van der Waals surface area contributed by atoms with Crippen LogP contribution in [0.25, 0.3) is 24.9 Å². The number of carbonyl (C=O) groups is 2. The van der Waals surface area contributed by atoms with E-state index in [4.69, 9.17) is 0 Å². The minimum absolute atomic E-state index is 0.140. The molecular formula is C16H6O2S4. The van der Waals surface area contributed by atoms with E-state index in [1.54, 1.807) is 50.8 Å². The first-order valence-corrected chi connectivity index (χ1v) is 9.95. The van der Waals surface area contributed by atoms with Gasteiger partial charge in [0.2, 0.25) is 0 Å². The van der Waals surface area contributed by atoms with Crippen molar-refractivity contribution in [2.45, 2.75) is 0 Å². The van der Waals surface area contributed by atoms with Crippen molar-refractivity contribution in [2.24, 2.45) is 0 Å². The Bertz CT molecular complexity index is 1080. The van der Waals surface area contributed by atoms with E-state index in [2.05, 4.69) is 17.5 Å². The van der Waals surface area contributed by atoms with Gasteiger partial charge in [0, 0.05) is 36.2 Å². The fourth-order valence-corrected chi connectivity index (χ4v) is 7.20. The minimum Gasteiger partial charge on any atom is -0.288 e. The van der Waals surface area contributed by atoms with Crippen molar-refractivity contribution in [2.75, 3.05) is 0 Å². The Kier molecular flexibility index (Phi) is 2.61. The molecule has 5 rings (SSSR count). The number of carbonyl (C=O) groups excluding carboxylic acids is 2. The molecule has 4 aromatic heterocycles. The summed E-state index contributed by atoms with van der Waals surface area (Å²) in [7, 11) is 0. The summed E-state index contributed by atoms with van der Waals surface area (Å²) in [4.78, 5) is 25.6. The Balaban J connectivity index is 1.66. The summed E-state index contributed by atoms with van der Waals surface area (Å²) in [6.45, 7) is 0. The lowest BCUT2D eigenvalue weighted by Gasteiger charge is -1.92. The van der Waals surface area contributed by atoms with Crippen LogP contribution in [0.5, 0.6) is 0 Å². The van der Waals surface area contributed by atoms with Gasteiger partial charge in [0.15, 0.2) is 11.6 Å². The highest BCUT2D eigenvalue weighted by Crippen LogP contribution is 2.43. The molecule has 0 unspecified atom stereocenters. The number of rotatable bonds is 1. The minimum atomic E-state index is -0.140. The molecule has 0 amide bonds. The van der Waals surface area contributed by atoms with E-state index in [1.165, 1.54) is 30.1 Å². The molecule has 0 saturated heterocycles. The molecule has 106 valence electrons. The second-order valence-corrected chi connectivity index (χ2v) is 8.80. The second-order valence-electron chi connectivity index (χ2n) is 4.97. The molecule has 6 heteroatoms. The van der Waals surface area contributed by atoms with Gasteiger partial charge >= 0.3 is 0 Å². The first-order chi connectivity index (χ1) is 10.7. The fourth-order valence-electron chi connectivity index (χ4n) is 2.67. The predicted molar refractivity (Wildman–Crippen MR) is 96.0 cm³/mol. The normalized spacial score (nSPS) is 14.5. The van der Waals surface area contributed by atoms with E-state index in [0.29, 0.717) is 16.7 Å². The summed E-state index contributed by atoms with van der Waals surface area (Å²) >= 11 is 6.56. The van der Waals surface area contributed by atoms with Gasteiger partial charge in [0.05, 0.1) is 15.0 Å². The summed E-state index contributed by atoms with van der Waals surface area (Å²) in [6.07, 6.45) is 1.76. The molecule has 1 aliphatic rings. The van der Waals surface area contributed by atoms with Crippen LogP contribution in [0.1, 0.15) is 25.6 Å². The van der Waals surface area contributed by atoms with Crippen LogP contribution in [0.4, 0.5) is 0 Å². The third-order valence-electron chi connectivity index (χ3n) is 3.70. The molecule has 0 aromatic carbocycles. The number of ketones is 2. The van der Waals surface area contributed by atoms with E-state index in [0.717, 1.165) is 4.88 Å². The van der Waals surface area contributed by atoms with Gasteiger partial charge in [-0.05, 0) is 23.6 Å². The monoisotopic (exact) mass is 358 g/mol. The average Bonchev–Trinajstić information content (AvgIpc) is 3.24. The van der Waals surface area contributed by atoms with Gasteiger partial charge in [-0.2, -0.15) is 11.3 Å². The van der Waals surface area contributed by atoms with E-state index in [1.807, 2.05) is 0 Å². The first kappa shape index (κ1) is 12.9. The van der Waals surface area contributed by atoms with Gasteiger partial charge in [0.1, 0.15) is 0 Å². The highest BCUT2D eigenvalue weighted by molar-refractivity contribution is 7.38. The van der Waals surface area contributed by atoms with E-state index in [-0.39, 0.29) is 11.6 Å². The van der Waals surface area contributed by atoms with Gasteiger partial charge < -0.3 is 0 Å². The summed E-state index contributed by atoms with van der Waals surface area (Å²) in [5.74, 6) is -0.279. The second kappa shape index (κ2) is 4.45. The maximum Gasteiger partial charge on any atom is 0.198 e. The zero-order valence-corrected chi connectivity index (χ0v) is 14.2. The van der Waals surface area contributed by atoms with Gasteiger partial charge in [0.25, 0.3) is 0 Å². The van der Waals surface area contributed by atoms with Crippen LogP contribution in [0.15, 0.2) is 33.8 Å². The Hall–Kier alpha value is -1.60. The van der Waals surface area contributed by atoms with E-state index in [9.17, 15) is 9.59 Å². The molecule has 22 heavy (non-hydrogen) atoms. The van der Waals surface area contributed by atoms with Crippen LogP contribution in [0.3, 0.4) is 0 Å².